The van der Waals surface area contributed by atoms with Crippen LogP contribution in [0.3, 0.4) is 0 Å². The lowest BCUT2D eigenvalue weighted by atomic mass is 9.84. The Morgan fingerprint density at radius 1 is 1.07 bits per heavy atom. The van der Waals surface area contributed by atoms with Crippen LogP contribution in [0.4, 0.5) is 0 Å². The lowest BCUT2D eigenvalue weighted by Crippen LogP contribution is -2.43. The molecule has 1 saturated carbocycles. The van der Waals surface area contributed by atoms with Gasteiger partial charge < -0.3 is 10.6 Å². The minimum atomic E-state index is -3.55. The quantitative estimate of drug-likeness (QED) is 0.647. The van der Waals surface area contributed by atoms with Crippen LogP contribution in [0.2, 0.25) is 0 Å². The summed E-state index contributed by atoms with van der Waals surface area (Å²) in [6, 6.07) is 9.81. The molecule has 0 aliphatic heterocycles. The van der Waals surface area contributed by atoms with Crippen LogP contribution in [0, 0.1) is 0 Å². The van der Waals surface area contributed by atoms with Crippen LogP contribution >= 0.6 is 11.3 Å². The van der Waals surface area contributed by atoms with E-state index in [1.807, 2.05) is 6.07 Å². The molecule has 0 bridgehead atoms. The lowest BCUT2D eigenvalue weighted by molar-refractivity contribution is -0.120. The summed E-state index contributed by atoms with van der Waals surface area (Å²) in [7, 11) is -0.653. The van der Waals surface area contributed by atoms with Gasteiger partial charge in [-0.25, -0.2) is 12.7 Å². The van der Waals surface area contributed by atoms with Crippen molar-refractivity contribution >= 4 is 33.2 Å². The number of carbonyl (C=O) groups excluding carboxylic acids is 2. The van der Waals surface area contributed by atoms with Crippen molar-refractivity contribution in [3.05, 3.63) is 52.2 Å². The molecule has 1 heterocycles. The molecule has 0 unspecified atom stereocenters. The van der Waals surface area contributed by atoms with Crippen molar-refractivity contribution in [1.82, 2.24) is 14.9 Å². The molecule has 0 atom stereocenters. The third-order valence-corrected chi connectivity index (χ3v) is 8.48. The van der Waals surface area contributed by atoms with Crippen LogP contribution in [0.15, 0.2) is 46.7 Å². The first-order valence-electron chi connectivity index (χ1n) is 9.86. The number of thiophene rings is 1. The SMILES string of the molecule is CN(C)S(=O)(=O)c1ccc(C(=O)NCC(=O)NCC2(c3cccs3)CCCC2)cc1. The number of hydrogen-bond acceptors (Lipinski definition) is 5. The topological polar surface area (TPSA) is 95.6 Å². The summed E-state index contributed by atoms with van der Waals surface area (Å²) in [6.45, 7) is 0.441. The second-order valence-electron chi connectivity index (χ2n) is 7.74. The van der Waals surface area contributed by atoms with E-state index in [0.717, 1.165) is 30.0 Å². The van der Waals surface area contributed by atoms with Crippen molar-refractivity contribution in [2.45, 2.75) is 36.0 Å². The second kappa shape index (κ2) is 9.28. The van der Waals surface area contributed by atoms with Gasteiger partial charge >= 0.3 is 0 Å². The summed E-state index contributed by atoms with van der Waals surface area (Å²) in [5.74, 6) is -0.661. The number of nitrogens with zero attached hydrogens (tertiary/aromatic N) is 1. The van der Waals surface area contributed by atoms with Crippen molar-refractivity contribution in [2.24, 2.45) is 0 Å². The number of nitrogens with one attached hydrogen (secondary N) is 2. The van der Waals surface area contributed by atoms with Crippen LogP contribution in [-0.2, 0) is 20.2 Å². The van der Waals surface area contributed by atoms with Gasteiger partial charge in [-0.1, -0.05) is 18.9 Å². The van der Waals surface area contributed by atoms with E-state index in [-0.39, 0.29) is 22.8 Å². The van der Waals surface area contributed by atoms with Crippen molar-refractivity contribution in [3.63, 3.8) is 0 Å². The largest absolute Gasteiger partial charge is 0.354 e. The van der Waals surface area contributed by atoms with Crippen LogP contribution < -0.4 is 10.6 Å². The maximum atomic E-state index is 12.3. The van der Waals surface area contributed by atoms with Gasteiger partial charge in [-0.2, -0.15) is 0 Å². The van der Waals surface area contributed by atoms with Gasteiger partial charge in [0.15, 0.2) is 0 Å². The Morgan fingerprint density at radius 2 is 1.73 bits per heavy atom. The van der Waals surface area contributed by atoms with Crippen LogP contribution in [0.5, 0.6) is 0 Å². The monoisotopic (exact) mass is 449 g/mol. The van der Waals surface area contributed by atoms with Gasteiger partial charge in [0.05, 0.1) is 11.4 Å². The Hall–Kier alpha value is -2.23. The van der Waals surface area contributed by atoms with Crippen LogP contribution in [0.25, 0.3) is 0 Å². The lowest BCUT2D eigenvalue weighted by Gasteiger charge is -2.28. The minimum absolute atomic E-state index is 0.00158. The molecule has 2 aromatic rings. The number of hydrogen-bond donors (Lipinski definition) is 2. The predicted molar refractivity (Wildman–Crippen MR) is 117 cm³/mol. The molecule has 9 heteroatoms. The molecule has 2 N–H and O–H groups in total. The number of carbonyl (C=O) groups is 2. The Labute approximate surface area is 181 Å². The van der Waals surface area contributed by atoms with E-state index in [4.69, 9.17) is 0 Å². The number of rotatable bonds is 8. The molecule has 1 aromatic heterocycles. The standard InChI is InChI=1S/C21H27N3O4S2/c1-24(2)30(27,28)17-9-7-16(8-10-17)20(26)22-14-19(25)23-15-21(11-3-4-12-21)18-6-5-13-29-18/h5-10,13H,3-4,11-12,14-15H2,1-2H3,(H,22,26)(H,23,25). The number of amides is 2. The van der Waals surface area contributed by atoms with Gasteiger partial charge in [0.2, 0.25) is 15.9 Å². The van der Waals surface area contributed by atoms with E-state index in [1.54, 1.807) is 11.3 Å². The zero-order valence-electron chi connectivity index (χ0n) is 17.2. The number of sulfonamides is 1. The highest BCUT2D eigenvalue weighted by Crippen LogP contribution is 2.42. The molecule has 7 nitrogen and oxygen atoms in total. The number of benzene rings is 1. The van der Waals surface area contributed by atoms with E-state index in [1.165, 1.54) is 43.2 Å². The van der Waals surface area contributed by atoms with E-state index in [0.29, 0.717) is 12.1 Å². The van der Waals surface area contributed by atoms with Crippen molar-refractivity contribution in [2.75, 3.05) is 27.2 Å². The van der Waals surface area contributed by atoms with Crippen LogP contribution in [-0.4, -0.2) is 51.7 Å². The Bertz CT molecular complexity index is 978. The first-order chi connectivity index (χ1) is 14.2. The van der Waals surface area contributed by atoms with Gasteiger partial charge in [-0.3, -0.25) is 9.59 Å². The molecule has 1 aliphatic rings. The van der Waals surface area contributed by atoms with Crippen LogP contribution in [0.1, 0.15) is 40.9 Å². The Morgan fingerprint density at radius 3 is 2.30 bits per heavy atom. The predicted octanol–water partition coefficient (Wildman–Crippen LogP) is 2.36. The van der Waals surface area contributed by atoms with Crippen molar-refractivity contribution in [1.29, 1.82) is 0 Å². The highest BCUT2D eigenvalue weighted by molar-refractivity contribution is 7.89. The average Bonchev–Trinajstić information content (AvgIpc) is 3.43. The zero-order chi connectivity index (χ0) is 21.8. The minimum Gasteiger partial charge on any atom is -0.354 e. The van der Waals surface area contributed by atoms with Crippen molar-refractivity contribution in [3.8, 4) is 0 Å². The molecule has 0 saturated heterocycles. The summed E-state index contributed by atoms with van der Waals surface area (Å²) >= 11 is 1.72. The summed E-state index contributed by atoms with van der Waals surface area (Å²) in [5.41, 5.74) is 0.299. The normalized spacial score (nSPS) is 15.8. The molecular formula is C21H27N3O4S2. The Kier molecular flexibility index (Phi) is 6.95. The Balaban J connectivity index is 1.53. The van der Waals surface area contributed by atoms with Crippen molar-refractivity contribution < 1.29 is 18.0 Å². The third-order valence-electron chi connectivity index (χ3n) is 5.53. The fraction of sp³-hybridized carbons (Fsp3) is 0.429. The summed E-state index contributed by atoms with van der Waals surface area (Å²) < 4.78 is 25.3. The average molecular weight is 450 g/mol. The fourth-order valence-corrected chi connectivity index (χ4v) is 5.61. The molecule has 162 valence electrons. The first-order valence-corrected chi connectivity index (χ1v) is 12.2. The molecule has 1 aliphatic carbocycles. The molecule has 2 amide bonds. The van der Waals surface area contributed by atoms with E-state index in [2.05, 4.69) is 22.1 Å². The summed E-state index contributed by atoms with van der Waals surface area (Å²) in [5, 5.41) is 7.63. The smallest absolute Gasteiger partial charge is 0.251 e. The maximum absolute atomic E-state index is 12.3. The fourth-order valence-electron chi connectivity index (χ4n) is 3.72. The van der Waals surface area contributed by atoms with E-state index in [9.17, 15) is 18.0 Å². The van der Waals surface area contributed by atoms with E-state index >= 15 is 0 Å². The molecule has 3 rings (SSSR count). The second-order valence-corrected chi connectivity index (χ2v) is 10.8. The molecule has 0 spiro atoms. The highest BCUT2D eigenvalue weighted by atomic mass is 32.2. The maximum Gasteiger partial charge on any atom is 0.251 e. The molecule has 30 heavy (non-hydrogen) atoms. The van der Waals surface area contributed by atoms with Gasteiger partial charge in [0, 0.05) is 36.5 Å². The molecule has 0 radical (unpaired) electrons. The molecule has 1 aromatic carbocycles. The highest BCUT2D eigenvalue weighted by Gasteiger charge is 2.36. The van der Waals surface area contributed by atoms with Gasteiger partial charge in [-0.05, 0) is 48.6 Å². The third kappa shape index (κ3) is 4.91. The summed E-state index contributed by atoms with van der Waals surface area (Å²) in [4.78, 5) is 26.0. The summed E-state index contributed by atoms with van der Waals surface area (Å²) in [6.07, 6.45) is 4.43. The zero-order valence-corrected chi connectivity index (χ0v) is 18.8. The molecular weight excluding hydrogens is 422 g/mol. The molecule has 1 fully saturated rings. The van der Waals surface area contributed by atoms with Gasteiger partial charge in [0.1, 0.15) is 0 Å². The van der Waals surface area contributed by atoms with Gasteiger partial charge in [0.25, 0.3) is 5.91 Å². The first kappa shape index (κ1) is 22.5. The van der Waals surface area contributed by atoms with E-state index < -0.39 is 15.9 Å². The van der Waals surface area contributed by atoms with Gasteiger partial charge in [-0.15, -0.1) is 11.3 Å².